The normalized spacial score (nSPS) is 15.4. The zero-order valence-corrected chi connectivity index (χ0v) is 16.6. The van der Waals surface area contributed by atoms with Gasteiger partial charge in [-0.3, -0.25) is 9.79 Å². The quantitative estimate of drug-likeness (QED) is 0.623. The Labute approximate surface area is 167 Å². The van der Waals surface area contributed by atoms with Crippen molar-refractivity contribution >= 4 is 29.2 Å². The van der Waals surface area contributed by atoms with E-state index in [1.807, 2.05) is 36.4 Å². The third-order valence-electron chi connectivity index (χ3n) is 4.91. The molecule has 0 amide bonds. The van der Waals surface area contributed by atoms with E-state index in [4.69, 9.17) is 11.6 Å². The fourth-order valence-electron chi connectivity index (χ4n) is 3.26. The Morgan fingerprint density at radius 2 is 1.89 bits per heavy atom. The van der Waals surface area contributed by atoms with E-state index in [2.05, 4.69) is 40.5 Å². The molecular formula is C21H21ClN5O+. The van der Waals surface area contributed by atoms with Gasteiger partial charge in [0.15, 0.2) is 6.17 Å². The predicted octanol–water partition coefficient (Wildman–Crippen LogP) is 2.34. The molecule has 1 atom stereocenters. The van der Waals surface area contributed by atoms with E-state index in [-0.39, 0.29) is 5.56 Å². The predicted molar refractivity (Wildman–Crippen MR) is 112 cm³/mol. The summed E-state index contributed by atoms with van der Waals surface area (Å²) in [5, 5.41) is 7.24. The molecule has 28 heavy (non-hydrogen) atoms. The van der Waals surface area contributed by atoms with Gasteiger partial charge in [-0.1, -0.05) is 35.9 Å². The van der Waals surface area contributed by atoms with Gasteiger partial charge < -0.3 is 0 Å². The third-order valence-corrected chi connectivity index (χ3v) is 5.16. The molecule has 0 unspecified atom stereocenters. The summed E-state index contributed by atoms with van der Waals surface area (Å²) in [4.78, 5) is 20.6. The smallest absolute Gasteiger partial charge is 0.269 e. The first-order chi connectivity index (χ1) is 13.4. The molecule has 0 spiro atoms. The van der Waals surface area contributed by atoms with Crippen LogP contribution in [0.1, 0.15) is 28.6 Å². The highest BCUT2D eigenvalue weighted by Gasteiger charge is 2.29. The molecule has 0 saturated heterocycles. The van der Waals surface area contributed by atoms with E-state index in [0.717, 1.165) is 16.8 Å². The average Bonchev–Trinajstić information content (AvgIpc) is 2.65. The van der Waals surface area contributed by atoms with Crippen molar-refractivity contribution in [3.63, 3.8) is 0 Å². The molecule has 2 aromatic carbocycles. The van der Waals surface area contributed by atoms with Gasteiger partial charge in [0, 0.05) is 22.3 Å². The molecule has 4 rings (SSSR count). The van der Waals surface area contributed by atoms with Gasteiger partial charge in [-0.05, 0) is 50.1 Å². The minimum atomic E-state index is -0.415. The molecule has 2 heterocycles. The van der Waals surface area contributed by atoms with Gasteiger partial charge in [0.25, 0.3) is 11.5 Å². The van der Waals surface area contributed by atoms with Gasteiger partial charge in [-0.15, -0.1) is 0 Å². The number of halogens is 1. The SMILES string of the molecule is Cc1cc(=O)n2c(n1)NC(Nc1cccc(C)c1C)=[NH+][C@@H]2c1ccc(Cl)cc1. The van der Waals surface area contributed by atoms with Crippen molar-refractivity contribution in [1.29, 1.82) is 0 Å². The number of aromatic nitrogens is 2. The maximum absolute atomic E-state index is 12.7. The monoisotopic (exact) mass is 394 g/mol. The van der Waals surface area contributed by atoms with Crippen LogP contribution in [0.5, 0.6) is 0 Å². The van der Waals surface area contributed by atoms with Crippen molar-refractivity contribution in [2.24, 2.45) is 0 Å². The number of fused-ring (bicyclic) bond motifs is 1. The van der Waals surface area contributed by atoms with Gasteiger partial charge in [-0.25, -0.2) is 20.2 Å². The van der Waals surface area contributed by atoms with Crippen LogP contribution in [-0.4, -0.2) is 15.5 Å². The zero-order valence-electron chi connectivity index (χ0n) is 15.9. The van der Waals surface area contributed by atoms with Gasteiger partial charge in [0.1, 0.15) is 5.69 Å². The molecule has 0 radical (unpaired) electrons. The van der Waals surface area contributed by atoms with Gasteiger partial charge in [0.05, 0.1) is 0 Å². The Hall–Kier alpha value is -3.12. The maximum Gasteiger partial charge on any atom is 0.357 e. The summed E-state index contributed by atoms with van der Waals surface area (Å²) in [6.07, 6.45) is -0.415. The second-order valence-corrected chi connectivity index (χ2v) is 7.34. The fourth-order valence-corrected chi connectivity index (χ4v) is 3.38. The summed E-state index contributed by atoms with van der Waals surface area (Å²) in [6.45, 7) is 5.95. The number of nitrogens with one attached hydrogen (secondary N) is 3. The number of hydrogen-bond acceptors (Lipinski definition) is 4. The van der Waals surface area contributed by atoms with Gasteiger partial charge in [-0.2, -0.15) is 0 Å². The van der Waals surface area contributed by atoms with Crippen LogP contribution in [0.25, 0.3) is 0 Å². The van der Waals surface area contributed by atoms with Crippen LogP contribution >= 0.6 is 11.6 Å². The van der Waals surface area contributed by atoms with Crippen molar-refractivity contribution in [3.8, 4) is 0 Å². The zero-order chi connectivity index (χ0) is 19.8. The third kappa shape index (κ3) is 3.39. The highest BCUT2D eigenvalue weighted by Crippen LogP contribution is 2.21. The molecule has 0 aliphatic carbocycles. The van der Waals surface area contributed by atoms with Crippen molar-refractivity contribution in [1.82, 2.24) is 9.55 Å². The average molecular weight is 395 g/mol. The number of benzene rings is 2. The van der Waals surface area contributed by atoms with Crippen LogP contribution in [0.4, 0.5) is 11.6 Å². The second kappa shape index (κ2) is 7.13. The lowest BCUT2D eigenvalue weighted by Gasteiger charge is -2.23. The molecule has 0 bridgehead atoms. The fraction of sp³-hybridized carbons (Fsp3) is 0.190. The Bertz CT molecular complexity index is 1130. The molecule has 1 aliphatic heterocycles. The molecule has 3 aromatic rings. The van der Waals surface area contributed by atoms with Crippen molar-refractivity contribution in [2.45, 2.75) is 26.9 Å². The van der Waals surface area contributed by atoms with Gasteiger partial charge >= 0.3 is 5.96 Å². The van der Waals surface area contributed by atoms with Crippen LogP contribution in [-0.2, 0) is 0 Å². The topological polar surface area (TPSA) is 72.9 Å². The van der Waals surface area contributed by atoms with E-state index < -0.39 is 6.17 Å². The lowest BCUT2D eigenvalue weighted by Crippen LogP contribution is -2.82. The van der Waals surface area contributed by atoms with E-state index in [1.54, 1.807) is 11.5 Å². The second-order valence-electron chi connectivity index (χ2n) is 6.90. The summed E-state index contributed by atoms with van der Waals surface area (Å²) in [6, 6.07) is 15.0. The number of anilines is 2. The van der Waals surface area contributed by atoms with Crippen LogP contribution < -0.4 is 21.2 Å². The Kier molecular flexibility index (Phi) is 4.65. The summed E-state index contributed by atoms with van der Waals surface area (Å²) < 4.78 is 1.60. The molecule has 6 nitrogen and oxygen atoms in total. The molecule has 3 N–H and O–H groups in total. The summed E-state index contributed by atoms with van der Waals surface area (Å²) in [5.74, 6) is 1.14. The minimum absolute atomic E-state index is 0.131. The first-order valence-electron chi connectivity index (χ1n) is 9.02. The molecule has 7 heteroatoms. The highest BCUT2D eigenvalue weighted by atomic mass is 35.5. The lowest BCUT2D eigenvalue weighted by atomic mass is 10.1. The van der Waals surface area contributed by atoms with E-state index in [0.29, 0.717) is 22.6 Å². The standard InChI is InChI=1S/C21H20ClN5O/c1-12-5-4-6-17(14(12)3)24-20-25-19(15-7-9-16(22)10-8-15)27-18(28)11-13(2)23-21(27)26-20/h4-11,19H,1-3H3,(H2,23,24,25,26)/p+1/t19-/m0/s1. The van der Waals surface area contributed by atoms with Crippen molar-refractivity contribution in [3.05, 3.63) is 86.3 Å². The minimum Gasteiger partial charge on any atom is -0.269 e. The molecule has 0 saturated carbocycles. The number of nitrogens with zero attached hydrogens (tertiary/aromatic N) is 2. The van der Waals surface area contributed by atoms with Crippen LogP contribution in [0.15, 0.2) is 53.3 Å². The van der Waals surface area contributed by atoms with Gasteiger partial charge in [0.2, 0.25) is 0 Å². The first kappa shape index (κ1) is 18.3. The van der Waals surface area contributed by atoms with Crippen LogP contribution in [0.3, 0.4) is 0 Å². The number of rotatable bonds is 2. The summed E-state index contributed by atoms with van der Waals surface area (Å²) in [5.41, 5.74) is 4.76. The Balaban J connectivity index is 1.81. The summed E-state index contributed by atoms with van der Waals surface area (Å²) in [7, 11) is 0. The van der Waals surface area contributed by atoms with Crippen molar-refractivity contribution < 1.29 is 4.99 Å². The van der Waals surface area contributed by atoms with Crippen molar-refractivity contribution in [2.75, 3.05) is 10.6 Å². The molecule has 1 aromatic heterocycles. The molecule has 142 valence electrons. The maximum atomic E-state index is 12.7. The van der Waals surface area contributed by atoms with Crippen LogP contribution in [0.2, 0.25) is 5.02 Å². The summed E-state index contributed by atoms with van der Waals surface area (Å²) >= 11 is 6.04. The van der Waals surface area contributed by atoms with E-state index in [1.165, 1.54) is 11.6 Å². The molecule has 1 aliphatic rings. The first-order valence-corrected chi connectivity index (χ1v) is 9.39. The number of aryl methyl sites for hydroxylation is 2. The highest BCUT2D eigenvalue weighted by molar-refractivity contribution is 6.30. The molecular weight excluding hydrogens is 374 g/mol. The number of hydrogen-bond donors (Lipinski definition) is 3. The number of guanidine groups is 1. The Morgan fingerprint density at radius 1 is 1.14 bits per heavy atom. The van der Waals surface area contributed by atoms with E-state index >= 15 is 0 Å². The Morgan fingerprint density at radius 3 is 2.64 bits per heavy atom. The lowest BCUT2D eigenvalue weighted by molar-refractivity contribution is -0.520. The molecule has 0 fully saturated rings. The van der Waals surface area contributed by atoms with E-state index in [9.17, 15) is 4.79 Å². The largest absolute Gasteiger partial charge is 0.357 e. The van der Waals surface area contributed by atoms with Crippen LogP contribution in [0, 0.1) is 20.8 Å².